The minimum Gasteiger partial charge on any atom is -0.496 e. The van der Waals surface area contributed by atoms with E-state index < -0.39 is 11.0 Å². The molecular weight excluding hydrogens is 364 g/mol. The molecule has 0 saturated carbocycles. The second-order valence-electron chi connectivity index (χ2n) is 7.94. The summed E-state index contributed by atoms with van der Waals surface area (Å²) in [5, 5.41) is 11.9. The van der Waals surface area contributed by atoms with Crippen molar-refractivity contribution < 1.29 is 14.2 Å². The third-order valence-corrected chi connectivity index (χ3v) is 6.39. The number of halogens is 3. The molecule has 1 aromatic carbocycles. The van der Waals surface area contributed by atoms with Crippen molar-refractivity contribution >= 4 is 24.0 Å². The number of alkyl halides is 1. The summed E-state index contributed by atoms with van der Waals surface area (Å²) >= 11 is 6.02. The van der Waals surface area contributed by atoms with Gasteiger partial charge < -0.3 is 14.7 Å². The van der Waals surface area contributed by atoms with Gasteiger partial charge in [0, 0.05) is 16.5 Å². The van der Waals surface area contributed by atoms with Crippen LogP contribution in [0.4, 0.5) is 4.39 Å². The fourth-order valence-corrected chi connectivity index (χ4v) is 4.93. The Hall–Kier alpha value is -0.550. The lowest BCUT2D eigenvalue weighted by molar-refractivity contribution is -0.122. The fraction of sp³-hybridized carbons (Fsp3) is 0.684. The van der Waals surface area contributed by atoms with Crippen molar-refractivity contribution in [2.24, 2.45) is 11.3 Å². The highest BCUT2D eigenvalue weighted by Crippen LogP contribution is 2.59. The van der Waals surface area contributed by atoms with Crippen molar-refractivity contribution in [3.05, 3.63) is 28.6 Å². The van der Waals surface area contributed by atoms with E-state index in [0.29, 0.717) is 28.9 Å². The summed E-state index contributed by atoms with van der Waals surface area (Å²) in [5.74, 6) is 0.535. The number of aliphatic hydroxyl groups is 1. The number of nitrogens with zero attached hydrogens (tertiary/aromatic N) is 1. The zero-order chi connectivity index (χ0) is 17.7. The standard InChI is InChI=1S/C19H27ClFNO2.ClH/c1-18(2)10-14-15(21)9-12(11-20)17(24-4)16(14)19(18,23)13-5-7-22(3)8-6-13;/h9,13,23H,5-8,10-11H2,1-4H3;1H. The van der Waals surface area contributed by atoms with Gasteiger partial charge in [0.25, 0.3) is 0 Å². The van der Waals surface area contributed by atoms with Gasteiger partial charge in [-0.15, -0.1) is 24.0 Å². The molecule has 1 atom stereocenters. The van der Waals surface area contributed by atoms with Crippen LogP contribution in [0.2, 0.25) is 0 Å². The second kappa shape index (κ2) is 7.22. The van der Waals surface area contributed by atoms with Crippen LogP contribution in [-0.2, 0) is 17.9 Å². The van der Waals surface area contributed by atoms with E-state index in [1.54, 1.807) is 7.11 Å². The van der Waals surface area contributed by atoms with E-state index in [9.17, 15) is 9.50 Å². The van der Waals surface area contributed by atoms with Gasteiger partial charge in [0.05, 0.1) is 13.0 Å². The topological polar surface area (TPSA) is 32.7 Å². The minimum atomic E-state index is -1.10. The normalized spacial score (nSPS) is 26.2. The predicted octanol–water partition coefficient (Wildman–Crippen LogP) is 4.11. The molecule has 0 aromatic heterocycles. The summed E-state index contributed by atoms with van der Waals surface area (Å²) in [4.78, 5) is 2.27. The maximum absolute atomic E-state index is 14.7. The molecule has 1 aliphatic carbocycles. The van der Waals surface area contributed by atoms with Crippen molar-refractivity contribution in [1.82, 2.24) is 4.90 Å². The largest absolute Gasteiger partial charge is 0.496 e. The predicted molar refractivity (Wildman–Crippen MR) is 101 cm³/mol. The van der Waals surface area contributed by atoms with E-state index in [1.807, 2.05) is 13.8 Å². The molecule has 3 nitrogen and oxygen atoms in total. The summed E-state index contributed by atoms with van der Waals surface area (Å²) in [7, 11) is 3.67. The molecule has 1 fully saturated rings. The molecule has 0 spiro atoms. The van der Waals surface area contributed by atoms with Gasteiger partial charge in [-0.05, 0) is 56.9 Å². The van der Waals surface area contributed by atoms with Gasteiger partial charge >= 0.3 is 0 Å². The molecule has 1 N–H and O–H groups in total. The van der Waals surface area contributed by atoms with Crippen LogP contribution in [-0.4, -0.2) is 37.3 Å². The Labute approximate surface area is 160 Å². The molecule has 0 bridgehead atoms. The SMILES string of the molecule is COc1c(CCl)cc(F)c2c1C(O)(C1CCN(C)CC1)C(C)(C)C2.Cl. The average Bonchev–Trinajstić information content (AvgIpc) is 2.76. The second-order valence-corrected chi connectivity index (χ2v) is 8.21. The monoisotopic (exact) mass is 391 g/mol. The van der Waals surface area contributed by atoms with Crippen LogP contribution in [0.3, 0.4) is 0 Å². The molecule has 1 heterocycles. The zero-order valence-electron chi connectivity index (χ0n) is 15.4. The van der Waals surface area contributed by atoms with Crippen LogP contribution in [0.15, 0.2) is 6.07 Å². The van der Waals surface area contributed by atoms with Crippen molar-refractivity contribution in [2.45, 2.75) is 44.6 Å². The van der Waals surface area contributed by atoms with Crippen LogP contribution in [0.5, 0.6) is 5.75 Å². The molecule has 2 aliphatic rings. The van der Waals surface area contributed by atoms with E-state index >= 15 is 0 Å². The van der Waals surface area contributed by atoms with Gasteiger partial charge in [-0.3, -0.25) is 0 Å². The number of hydrogen-bond donors (Lipinski definition) is 1. The zero-order valence-corrected chi connectivity index (χ0v) is 16.9. The third-order valence-electron chi connectivity index (χ3n) is 6.10. The fourth-order valence-electron chi connectivity index (χ4n) is 4.73. The summed E-state index contributed by atoms with van der Waals surface area (Å²) in [5.41, 5.74) is 0.291. The molecule has 1 saturated heterocycles. The van der Waals surface area contributed by atoms with Crippen molar-refractivity contribution in [3.63, 3.8) is 0 Å². The smallest absolute Gasteiger partial charge is 0.129 e. The third kappa shape index (κ3) is 3.05. The molecule has 1 aromatic rings. The summed E-state index contributed by atoms with van der Waals surface area (Å²) < 4.78 is 20.4. The number of likely N-dealkylation sites (tertiary alicyclic amines) is 1. The van der Waals surface area contributed by atoms with Gasteiger partial charge in [0.2, 0.25) is 0 Å². The minimum absolute atomic E-state index is 0. The maximum Gasteiger partial charge on any atom is 0.129 e. The molecular formula is C19H28Cl2FNO2. The van der Waals surface area contributed by atoms with Crippen LogP contribution in [0.25, 0.3) is 0 Å². The highest BCUT2D eigenvalue weighted by Gasteiger charge is 2.58. The Bertz CT molecular complexity index is 645. The quantitative estimate of drug-likeness (QED) is 0.786. The lowest BCUT2D eigenvalue weighted by atomic mass is 9.65. The first-order valence-electron chi connectivity index (χ1n) is 8.62. The Morgan fingerprint density at radius 3 is 2.48 bits per heavy atom. The number of ether oxygens (including phenoxy) is 1. The van der Waals surface area contributed by atoms with E-state index in [-0.39, 0.29) is 30.0 Å². The number of piperidine rings is 1. The first kappa shape index (κ1) is 20.8. The molecule has 0 amide bonds. The van der Waals surface area contributed by atoms with E-state index in [2.05, 4.69) is 11.9 Å². The highest BCUT2D eigenvalue weighted by atomic mass is 35.5. The lowest BCUT2D eigenvalue weighted by Crippen LogP contribution is -2.49. The molecule has 1 unspecified atom stereocenters. The molecule has 25 heavy (non-hydrogen) atoms. The van der Waals surface area contributed by atoms with Gasteiger partial charge in [0.1, 0.15) is 17.2 Å². The van der Waals surface area contributed by atoms with Crippen LogP contribution < -0.4 is 4.74 Å². The molecule has 142 valence electrons. The Kier molecular flexibility index (Phi) is 6.00. The van der Waals surface area contributed by atoms with Gasteiger partial charge in [0.15, 0.2) is 0 Å². The van der Waals surface area contributed by atoms with Crippen molar-refractivity contribution in [2.75, 3.05) is 27.2 Å². The molecule has 6 heteroatoms. The summed E-state index contributed by atoms with van der Waals surface area (Å²) in [6.07, 6.45) is 2.30. The van der Waals surface area contributed by atoms with Crippen LogP contribution in [0.1, 0.15) is 43.4 Å². The summed E-state index contributed by atoms with van der Waals surface area (Å²) in [6.45, 7) is 5.95. The van der Waals surface area contributed by atoms with Gasteiger partial charge in [-0.2, -0.15) is 0 Å². The summed E-state index contributed by atoms with van der Waals surface area (Å²) in [6, 6.07) is 1.46. The number of rotatable bonds is 3. The van der Waals surface area contributed by atoms with Crippen molar-refractivity contribution in [3.8, 4) is 5.75 Å². The highest BCUT2D eigenvalue weighted by molar-refractivity contribution is 6.17. The van der Waals surface area contributed by atoms with E-state index in [4.69, 9.17) is 16.3 Å². The number of methoxy groups -OCH3 is 1. The number of fused-ring (bicyclic) bond motifs is 1. The number of benzene rings is 1. The average molecular weight is 392 g/mol. The number of hydrogen-bond acceptors (Lipinski definition) is 3. The van der Waals surface area contributed by atoms with E-state index in [0.717, 1.165) is 25.9 Å². The molecule has 1 aliphatic heterocycles. The molecule has 0 radical (unpaired) electrons. The maximum atomic E-state index is 14.7. The van der Waals surface area contributed by atoms with Crippen LogP contribution >= 0.6 is 24.0 Å². The van der Waals surface area contributed by atoms with E-state index in [1.165, 1.54) is 6.07 Å². The van der Waals surface area contributed by atoms with Crippen LogP contribution in [0, 0.1) is 17.2 Å². The molecule has 3 rings (SSSR count). The Morgan fingerprint density at radius 1 is 1.36 bits per heavy atom. The van der Waals surface area contributed by atoms with Gasteiger partial charge in [-0.25, -0.2) is 4.39 Å². The Morgan fingerprint density at radius 2 is 1.96 bits per heavy atom. The Balaban J connectivity index is 0.00000225. The lowest BCUT2D eigenvalue weighted by Gasteiger charge is -2.46. The first-order chi connectivity index (χ1) is 11.3. The van der Waals surface area contributed by atoms with Gasteiger partial charge in [-0.1, -0.05) is 13.8 Å². The first-order valence-corrected chi connectivity index (χ1v) is 9.15. The van der Waals surface area contributed by atoms with Crippen molar-refractivity contribution in [1.29, 1.82) is 0 Å².